The van der Waals surface area contributed by atoms with Crippen molar-refractivity contribution >= 4 is 21.8 Å². The van der Waals surface area contributed by atoms with Gasteiger partial charge in [-0.1, -0.05) is 15.9 Å². The fourth-order valence-corrected chi connectivity index (χ4v) is 2.67. The van der Waals surface area contributed by atoms with E-state index in [1.54, 1.807) is 0 Å². The molecule has 0 radical (unpaired) electrons. The molecule has 1 aromatic rings. The Balaban J connectivity index is 1.57. The van der Waals surface area contributed by atoms with Crippen LogP contribution in [0.15, 0.2) is 28.7 Å². The molecule has 4 nitrogen and oxygen atoms in total. The molecule has 116 valence electrons. The highest BCUT2D eigenvalue weighted by atomic mass is 79.9. The van der Waals surface area contributed by atoms with Crippen molar-refractivity contribution in [1.82, 2.24) is 4.90 Å². The molecule has 1 saturated heterocycles. The molecule has 0 unspecified atom stereocenters. The molecule has 1 amide bonds. The average molecular weight is 355 g/mol. The van der Waals surface area contributed by atoms with Gasteiger partial charge in [-0.25, -0.2) is 0 Å². The number of carbonyl (C=O) groups is 1. The Bertz CT molecular complexity index is 442. The van der Waals surface area contributed by atoms with E-state index >= 15 is 0 Å². The molecule has 0 aliphatic carbocycles. The summed E-state index contributed by atoms with van der Waals surface area (Å²) in [5.74, 6) is 1.13. The second kappa shape index (κ2) is 8.39. The van der Waals surface area contributed by atoms with Crippen LogP contribution in [0.3, 0.4) is 0 Å². The Morgan fingerprint density at radius 1 is 1.24 bits per heavy atom. The molecule has 1 heterocycles. The number of hydrogen-bond donors (Lipinski definition) is 1. The molecule has 0 saturated carbocycles. The highest BCUT2D eigenvalue weighted by Gasteiger charge is 2.19. The van der Waals surface area contributed by atoms with Crippen molar-refractivity contribution < 1.29 is 9.53 Å². The Kier molecular flexibility index (Phi) is 6.51. The first-order valence-corrected chi connectivity index (χ1v) is 8.36. The molecule has 1 aliphatic heterocycles. The molecule has 1 fully saturated rings. The summed E-state index contributed by atoms with van der Waals surface area (Å²) in [6, 6.07) is 8.06. The van der Waals surface area contributed by atoms with Gasteiger partial charge >= 0.3 is 0 Å². The summed E-state index contributed by atoms with van der Waals surface area (Å²) < 4.78 is 6.68. The summed E-state index contributed by atoms with van der Waals surface area (Å²) in [5, 5.41) is 0. The van der Waals surface area contributed by atoms with Crippen molar-refractivity contribution in [3.8, 4) is 5.75 Å². The topological polar surface area (TPSA) is 55.6 Å². The van der Waals surface area contributed by atoms with Crippen molar-refractivity contribution in [1.29, 1.82) is 0 Å². The highest BCUT2D eigenvalue weighted by molar-refractivity contribution is 9.10. The van der Waals surface area contributed by atoms with Gasteiger partial charge in [0.2, 0.25) is 5.91 Å². The second-order valence-electron chi connectivity index (χ2n) is 5.48. The van der Waals surface area contributed by atoms with E-state index in [9.17, 15) is 4.79 Å². The molecule has 0 aromatic heterocycles. The van der Waals surface area contributed by atoms with Crippen LogP contribution in [0.5, 0.6) is 5.75 Å². The van der Waals surface area contributed by atoms with Crippen molar-refractivity contribution in [2.75, 3.05) is 19.7 Å². The highest BCUT2D eigenvalue weighted by Crippen LogP contribution is 2.16. The lowest BCUT2D eigenvalue weighted by atomic mass is 10.1. The number of rotatable bonds is 6. The second-order valence-corrected chi connectivity index (χ2v) is 6.39. The maximum absolute atomic E-state index is 12.0. The largest absolute Gasteiger partial charge is 0.494 e. The van der Waals surface area contributed by atoms with E-state index in [4.69, 9.17) is 10.5 Å². The van der Waals surface area contributed by atoms with Crippen LogP contribution in [0.1, 0.15) is 32.1 Å². The van der Waals surface area contributed by atoms with Gasteiger partial charge in [0.05, 0.1) is 6.61 Å². The first kappa shape index (κ1) is 16.3. The zero-order valence-electron chi connectivity index (χ0n) is 12.3. The lowest BCUT2D eigenvalue weighted by Gasteiger charge is -2.30. The quantitative estimate of drug-likeness (QED) is 0.799. The minimum atomic E-state index is 0.255. The number of piperidine rings is 1. The molecule has 0 atom stereocenters. The molecule has 5 heteroatoms. The van der Waals surface area contributed by atoms with Gasteiger partial charge in [-0.15, -0.1) is 0 Å². The van der Waals surface area contributed by atoms with Crippen LogP contribution in [0.25, 0.3) is 0 Å². The number of likely N-dealkylation sites (tertiary alicyclic amines) is 1. The van der Waals surface area contributed by atoms with Crippen LogP contribution in [-0.2, 0) is 4.79 Å². The SMILES string of the molecule is NC1CCN(C(=O)CCCCOc2ccc(Br)cc2)CC1. The third kappa shape index (κ3) is 5.67. The molecule has 1 aromatic carbocycles. The number of halogens is 1. The Morgan fingerprint density at radius 3 is 2.57 bits per heavy atom. The summed E-state index contributed by atoms with van der Waals surface area (Å²) >= 11 is 3.39. The number of nitrogens with zero attached hydrogens (tertiary/aromatic N) is 1. The lowest BCUT2D eigenvalue weighted by molar-refractivity contribution is -0.132. The predicted molar refractivity (Wildman–Crippen MR) is 87.3 cm³/mol. The monoisotopic (exact) mass is 354 g/mol. The zero-order chi connectivity index (χ0) is 15.1. The molecule has 21 heavy (non-hydrogen) atoms. The molecular formula is C16H23BrN2O2. The summed E-state index contributed by atoms with van der Waals surface area (Å²) in [4.78, 5) is 14.0. The van der Waals surface area contributed by atoms with Crippen LogP contribution in [0.4, 0.5) is 0 Å². The van der Waals surface area contributed by atoms with Crippen LogP contribution in [-0.4, -0.2) is 36.5 Å². The fraction of sp³-hybridized carbons (Fsp3) is 0.562. The molecule has 0 bridgehead atoms. The van der Waals surface area contributed by atoms with E-state index in [0.717, 1.165) is 49.0 Å². The zero-order valence-corrected chi connectivity index (χ0v) is 13.8. The van der Waals surface area contributed by atoms with E-state index in [1.807, 2.05) is 29.2 Å². The molecular weight excluding hydrogens is 332 g/mol. The van der Waals surface area contributed by atoms with Crippen LogP contribution in [0.2, 0.25) is 0 Å². The maximum Gasteiger partial charge on any atom is 0.222 e. The summed E-state index contributed by atoms with van der Waals surface area (Å²) in [6.07, 6.45) is 4.24. The standard InChI is InChI=1S/C16H23BrN2O2/c17-13-4-6-15(7-5-13)21-12-2-1-3-16(20)19-10-8-14(18)9-11-19/h4-7,14H,1-3,8-12,18H2. The van der Waals surface area contributed by atoms with Gasteiger partial charge in [0.1, 0.15) is 5.75 Å². The average Bonchev–Trinajstić information content (AvgIpc) is 2.49. The third-order valence-corrected chi connectivity index (χ3v) is 4.29. The first-order valence-electron chi connectivity index (χ1n) is 7.57. The number of carbonyl (C=O) groups excluding carboxylic acids is 1. The van der Waals surface area contributed by atoms with E-state index in [1.165, 1.54) is 0 Å². The number of amides is 1. The summed E-state index contributed by atoms with van der Waals surface area (Å²) in [5.41, 5.74) is 5.84. The fourth-order valence-electron chi connectivity index (χ4n) is 2.41. The maximum atomic E-state index is 12.0. The summed E-state index contributed by atoms with van der Waals surface area (Å²) in [7, 11) is 0. The van der Waals surface area contributed by atoms with Gasteiger partial charge in [0, 0.05) is 30.0 Å². The predicted octanol–water partition coefficient (Wildman–Crippen LogP) is 2.95. The minimum absolute atomic E-state index is 0.255. The van der Waals surface area contributed by atoms with Gasteiger partial charge < -0.3 is 15.4 Å². The van der Waals surface area contributed by atoms with E-state index in [-0.39, 0.29) is 11.9 Å². The van der Waals surface area contributed by atoms with E-state index < -0.39 is 0 Å². The van der Waals surface area contributed by atoms with Crippen molar-refractivity contribution in [2.24, 2.45) is 5.73 Å². The van der Waals surface area contributed by atoms with Crippen molar-refractivity contribution in [3.05, 3.63) is 28.7 Å². The molecule has 0 spiro atoms. The number of benzene rings is 1. The Labute approximate surface area is 134 Å². The first-order chi connectivity index (χ1) is 10.1. The van der Waals surface area contributed by atoms with Crippen molar-refractivity contribution in [2.45, 2.75) is 38.1 Å². The normalized spacial score (nSPS) is 16.0. The van der Waals surface area contributed by atoms with Crippen LogP contribution in [0, 0.1) is 0 Å². The third-order valence-electron chi connectivity index (χ3n) is 3.76. The Hall–Kier alpha value is -1.07. The van der Waals surface area contributed by atoms with Gasteiger partial charge in [0.25, 0.3) is 0 Å². The Morgan fingerprint density at radius 2 is 1.90 bits per heavy atom. The van der Waals surface area contributed by atoms with Gasteiger partial charge in [-0.2, -0.15) is 0 Å². The minimum Gasteiger partial charge on any atom is -0.494 e. The van der Waals surface area contributed by atoms with Gasteiger partial charge in [-0.05, 0) is 49.9 Å². The molecule has 2 rings (SSSR count). The summed E-state index contributed by atoms with van der Waals surface area (Å²) in [6.45, 7) is 2.28. The molecule has 1 aliphatic rings. The van der Waals surface area contributed by atoms with Crippen LogP contribution < -0.4 is 10.5 Å². The molecule has 2 N–H and O–H groups in total. The van der Waals surface area contributed by atoms with E-state index in [0.29, 0.717) is 13.0 Å². The van der Waals surface area contributed by atoms with Gasteiger partial charge in [0.15, 0.2) is 0 Å². The number of hydrogen-bond acceptors (Lipinski definition) is 3. The lowest BCUT2D eigenvalue weighted by Crippen LogP contribution is -2.42. The van der Waals surface area contributed by atoms with Crippen LogP contribution >= 0.6 is 15.9 Å². The number of nitrogens with two attached hydrogens (primary N) is 1. The smallest absolute Gasteiger partial charge is 0.222 e. The van der Waals surface area contributed by atoms with Crippen molar-refractivity contribution in [3.63, 3.8) is 0 Å². The number of ether oxygens (including phenoxy) is 1. The van der Waals surface area contributed by atoms with Gasteiger partial charge in [-0.3, -0.25) is 4.79 Å². The number of unbranched alkanes of at least 4 members (excludes halogenated alkanes) is 1. The van der Waals surface area contributed by atoms with E-state index in [2.05, 4.69) is 15.9 Å².